The van der Waals surface area contributed by atoms with Crippen molar-refractivity contribution in [2.24, 2.45) is 23.2 Å². The van der Waals surface area contributed by atoms with Crippen LogP contribution in [0.15, 0.2) is 0 Å². The van der Waals surface area contributed by atoms with Gasteiger partial charge in [-0.15, -0.1) is 0 Å². The fraction of sp³-hybridized carbons (Fsp3) is 1.00. The smallest absolute Gasteiger partial charge is 0.0637 e. The van der Waals surface area contributed by atoms with Gasteiger partial charge in [0.15, 0.2) is 0 Å². The zero-order chi connectivity index (χ0) is 13.0. The summed E-state index contributed by atoms with van der Waals surface area (Å²) < 4.78 is 0. The van der Waals surface area contributed by atoms with Crippen molar-refractivity contribution in [3.05, 3.63) is 0 Å². The molecule has 0 aromatic rings. The van der Waals surface area contributed by atoms with Gasteiger partial charge in [0, 0.05) is 38.1 Å². The van der Waals surface area contributed by atoms with Crippen molar-refractivity contribution in [2.45, 2.75) is 38.2 Å². The number of nitrogens with zero attached hydrogens (tertiary/aromatic N) is 2. The van der Waals surface area contributed by atoms with Crippen LogP contribution in [-0.2, 0) is 0 Å². The van der Waals surface area contributed by atoms with E-state index >= 15 is 0 Å². The highest BCUT2D eigenvalue weighted by Crippen LogP contribution is 2.60. The third-order valence-electron chi connectivity index (χ3n) is 6.54. The van der Waals surface area contributed by atoms with Gasteiger partial charge in [0.2, 0.25) is 0 Å². The third-order valence-corrected chi connectivity index (χ3v) is 6.54. The van der Waals surface area contributed by atoms with Crippen molar-refractivity contribution in [1.29, 1.82) is 0 Å². The van der Waals surface area contributed by atoms with Crippen molar-refractivity contribution in [3.63, 3.8) is 0 Å². The standard InChI is InChI=1S/C16H28N2O/c1-17-2-4-18(5-3-17)11-16-9-12-6-13(10-16)8-14(7-12)15(16)19/h12-15,19H,2-11H2,1H3/t12-,13-,14?,15-,16?/m0/s1. The van der Waals surface area contributed by atoms with E-state index in [1.54, 1.807) is 0 Å². The molecule has 1 saturated heterocycles. The van der Waals surface area contributed by atoms with Gasteiger partial charge < -0.3 is 14.9 Å². The first-order chi connectivity index (χ1) is 9.14. The Morgan fingerprint density at radius 1 is 1.00 bits per heavy atom. The average molecular weight is 264 g/mol. The summed E-state index contributed by atoms with van der Waals surface area (Å²) in [6, 6.07) is 0. The second-order valence-corrected chi connectivity index (χ2v) is 7.99. The molecule has 0 radical (unpaired) electrons. The number of hydrogen-bond acceptors (Lipinski definition) is 3. The Balaban J connectivity index is 1.49. The number of piperazine rings is 1. The Bertz CT molecular complexity index is 337. The Kier molecular flexibility index (Phi) is 2.95. The molecular formula is C16H28N2O. The summed E-state index contributed by atoms with van der Waals surface area (Å²) in [6.07, 6.45) is 6.74. The van der Waals surface area contributed by atoms with E-state index in [1.165, 1.54) is 64.8 Å². The molecule has 1 heterocycles. The third kappa shape index (κ3) is 2.05. The molecule has 5 aliphatic rings. The highest BCUT2D eigenvalue weighted by molar-refractivity contribution is 5.07. The molecule has 4 bridgehead atoms. The van der Waals surface area contributed by atoms with Crippen LogP contribution in [0.1, 0.15) is 32.1 Å². The van der Waals surface area contributed by atoms with Gasteiger partial charge in [-0.25, -0.2) is 0 Å². The van der Waals surface area contributed by atoms with Gasteiger partial charge in [0.25, 0.3) is 0 Å². The fourth-order valence-electron chi connectivity index (χ4n) is 5.86. The van der Waals surface area contributed by atoms with E-state index in [2.05, 4.69) is 16.8 Å². The molecule has 0 aromatic carbocycles. The maximum atomic E-state index is 10.8. The molecule has 19 heavy (non-hydrogen) atoms. The molecule has 5 rings (SSSR count). The van der Waals surface area contributed by atoms with Gasteiger partial charge in [-0.2, -0.15) is 0 Å². The Morgan fingerprint density at radius 3 is 2.26 bits per heavy atom. The molecular weight excluding hydrogens is 236 g/mol. The molecule has 0 aromatic heterocycles. The molecule has 1 aliphatic heterocycles. The molecule has 108 valence electrons. The van der Waals surface area contributed by atoms with Gasteiger partial charge in [0.1, 0.15) is 0 Å². The monoisotopic (exact) mass is 264 g/mol. The van der Waals surface area contributed by atoms with Crippen molar-refractivity contribution in [1.82, 2.24) is 9.80 Å². The van der Waals surface area contributed by atoms with E-state index in [9.17, 15) is 5.11 Å². The highest BCUT2D eigenvalue weighted by Gasteiger charge is 2.56. The van der Waals surface area contributed by atoms with Crippen LogP contribution in [0, 0.1) is 23.2 Å². The lowest BCUT2D eigenvalue weighted by Crippen LogP contribution is -2.61. The first-order valence-corrected chi connectivity index (χ1v) is 8.24. The number of hydrogen-bond donors (Lipinski definition) is 1. The highest BCUT2D eigenvalue weighted by atomic mass is 16.3. The summed E-state index contributed by atoms with van der Waals surface area (Å²) in [5.41, 5.74) is 0.269. The molecule has 0 spiro atoms. The van der Waals surface area contributed by atoms with Crippen molar-refractivity contribution >= 4 is 0 Å². The SMILES string of the molecule is CN1CCN(CC23C[C@@H]4CC(C[C@H](C4)C2)[C@@H]3O)CC1. The Morgan fingerprint density at radius 2 is 1.63 bits per heavy atom. The summed E-state index contributed by atoms with van der Waals surface area (Å²) in [5, 5.41) is 10.8. The van der Waals surface area contributed by atoms with Gasteiger partial charge in [-0.3, -0.25) is 0 Å². The zero-order valence-electron chi connectivity index (χ0n) is 12.2. The second kappa shape index (κ2) is 4.44. The molecule has 0 unspecified atom stereocenters. The first-order valence-electron chi connectivity index (χ1n) is 8.24. The average Bonchev–Trinajstić information content (AvgIpc) is 2.38. The molecule has 3 nitrogen and oxygen atoms in total. The largest absolute Gasteiger partial charge is 0.392 e. The zero-order valence-corrected chi connectivity index (χ0v) is 12.2. The molecule has 4 aliphatic carbocycles. The maximum Gasteiger partial charge on any atom is 0.0637 e. The quantitative estimate of drug-likeness (QED) is 0.817. The van der Waals surface area contributed by atoms with E-state index in [0.717, 1.165) is 11.8 Å². The minimum atomic E-state index is -0.0000406. The fourth-order valence-corrected chi connectivity index (χ4v) is 5.86. The maximum absolute atomic E-state index is 10.8. The topological polar surface area (TPSA) is 26.7 Å². The van der Waals surface area contributed by atoms with E-state index in [4.69, 9.17) is 0 Å². The normalized spacial score (nSPS) is 50.8. The van der Waals surface area contributed by atoms with Crippen LogP contribution in [0.3, 0.4) is 0 Å². The number of likely N-dealkylation sites (N-methyl/N-ethyl adjacent to an activating group) is 1. The predicted octanol–water partition coefficient (Wildman–Crippen LogP) is 1.42. The number of aliphatic hydroxyl groups excluding tert-OH is 1. The molecule has 4 saturated carbocycles. The molecule has 0 amide bonds. The number of aliphatic hydroxyl groups is 1. The predicted molar refractivity (Wildman–Crippen MR) is 75.9 cm³/mol. The van der Waals surface area contributed by atoms with E-state index in [1.807, 2.05) is 0 Å². The summed E-state index contributed by atoms with van der Waals surface area (Å²) in [6.45, 7) is 5.96. The lowest BCUT2D eigenvalue weighted by Gasteiger charge is -2.60. The summed E-state index contributed by atoms with van der Waals surface area (Å²) in [7, 11) is 2.22. The van der Waals surface area contributed by atoms with Crippen LogP contribution in [0.4, 0.5) is 0 Å². The van der Waals surface area contributed by atoms with Gasteiger partial charge in [-0.1, -0.05) is 0 Å². The van der Waals surface area contributed by atoms with Gasteiger partial charge >= 0.3 is 0 Å². The van der Waals surface area contributed by atoms with E-state index < -0.39 is 0 Å². The van der Waals surface area contributed by atoms with E-state index in [-0.39, 0.29) is 11.5 Å². The number of rotatable bonds is 2. The molecule has 3 atom stereocenters. The molecule has 1 N–H and O–H groups in total. The lowest BCUT2D eigenvalue weighted by atomic mass is 9.48. The van der Waals surface area contributed by atoms with E-state index in [0.29, 0.717) is 5.92 Å². The molecule has 3 heteroatoms. The van der Waals surface area contributed by atoms with Crippen LogP contribution in [0.5, 0.6) is 0 Å². The van der Waals surface area contributed by atoms with Crippen LogP contribution in [0.25, 0.3) is 0 Å². The van der Waals surface area contributed by atoms with Crippen molar-refractivity contribution in [2.75, 3.05) is 39.8 Å². The second-order valence-electron chi connectivity index (χ2n) is 7.99. The Hall–Kier alpha value is -0.120. The summed E-state index contributed by atoms with van der Waals surface area (Å²) >= 11 is 0. The Labute approximate surface area is 117 Å². The minimum absolute atomic E-state index is 0.0000406. The van der Waals surface area contributed by atoms with Gasteiger partial charge in [-0.05, 0) is 56.9 Å². The summed E-state index contributed by atoms with van der Waals surface area (Å²) in [4.78, 5) is 5.06. The van der Waals surface area contributed by atoms with Gasteiger partial charge in [0.05, 0.1) is 6.10 Å². The minimum Gasteiger partial charge on any atom is -0.392 e. The van der Waals surface area contributed by atoms with Crippen LogP contribution < -0.4 is 0 Å². The first kappa shape index (κ1) is 12.6. The van der Waals surface area contributed by atoms with Crippen molar-refractivity contribution in [3.8, 4) is 0 Å². The summed E-state index contributed by atoms with van der Waals surface area (Å²) in [5.74, 6) is 2.51. The van der Waals surface area contributed by atoms with Crippen LogP contribution in [-0.4, -0.2) is 60.8 Å². The van der Waals surface area contributed by atoms with Crippen LogP contribution in [0.2, 0.25) is 0 Å². The molecule has 5 fully saturated rings. The lowest BCUT2D eigenvalue weighted by molar-refractivity contribution is -0.165. The van der Waals surface area contributed by atoms with Crippen molar-refractivity contribution < 1.29 is 5.11 Å². The van der Waals surface area contributed by atoms with Crippen LogP contribution >= 0.6 is 0 Å².